The molecule has 1 amide bonds. The quantitative estimate of drug-likeness (QED) is 0.803. The molecule has 2 aromatic rings. The second-order valence-electron chi connectivity index (χ2n) is 4.81. The van der Waals surface area contributed by atoms with Crippen LogP contribution in [-0.4, -0.2) is 35.9 Å². The van der Waals surface area contributed by atoms with Crippen LogP contribution in [0, 0.1) is 6.92 Å². The predicted molar refractivity (Wildman–Crippen MR) is 85.4 cm³/mol. The summed E-state index contributed by atoms with van der Waals surface area (Å²) in [6, 6.07) is 6.64. The Labute approximate surface area is 137 Å². The van der Waals surface area contributed by atoms with Gasteiger partial charge in [0.25, 0.3) is 5.91 Å². The van der Waals surface area contributed by atoms with Crippen LogP contribution in [-0.2, 0) is 11.3 Å². The van der Waals surface area contributed by atoms with Gasteiger partial charge in [0.1, 0.15) is 12.3 Å². The lowest BCUT2D eigenvalue weighted by Crippen LogP contribution is -2.23. The third-order valence-corrected chi connectivity index (χ3v) is 4.11. The summed E-state index contributed by atoms with van der Waals surface area (Å²) in [6.07, 6.45) is 0. The van der Waals surface area contributed by atoms with Gasteiger partial charge in [-0.15, -0.1) is 11.3 Å². The van der Waals surface area contributed by atoms with Crippen LogP contribution in [0.25, 0.3) is 0 Å². The molecule has 0 aliphatic carbocycles. The monoisotopic (exact) mass is 338 g/mol. The summed E-state index contributed by atoms with van der Waals surface area (Å²) in [5, 5.41) is 0. The highest BCUT2D eigenvalue weighted by Crippen LogP contribution is 2.22. The maximum absolute atomic E-state index is 12.1. The molecule has 5 nitrogen and oxygen atoms in total. The van der Waals surface area contributed by atoms with E-state index in [1.165, 1.54) is 22.3 Å². The molecule has 0 radical (unpaired) electrons. The third kappa shape index (κ3) is 3.84. The van der Waals surface area contributed by atoms with E-state index in [2.05, 4.69) is 4.98 Å². The van der Waals surface area contributed by atoms with Gasteiger partial charge in [0.2, 0.25) is 0 Å². The number of carbonyl (C=O) groups excluding carboxylic acids is 2. The summed E-state index contributed by atoms with van der Waals surface area (Å²) >= 11 is 7.18. The molecule has 0 saturated carbocycles. The van der Waals surface area contributed by atoms with E-state index in [1.807, 2.05) is 6.07 Å². The fourth-order valence-corrected chi connectivity index (χ4v) is 2.77. The van der Waals surface area contributed by atoms with Gasteiger partial charge in [-0.1, -0.05) is 11.6 Å². The van der Waals surface area contributed by atoms with Crippen molar-refractivity contribution < 1.29 is 14.3 Å². The molecule has 0 aliphatic rings. The number of hydrogen-bond acceptors (Lipinski definition) is 5. The van der Waals surface area contributed by atoms with Gasteiger partial charge in [-0.05, 0) is 31.2 Å². The fraction of sp³-hybridized carbons (Fsp3) is 0.267. The van der Waals surface area contributed by atoms with E-state index in [1.54, 1.807) is 33.2 Å². The number of nitrogens with zero attached hydrogens (tertiary/aromatic N) is 2. The number of aromatic nitrogens is 1. The van der Waals surface area contributed by atoms with Crippen LogP contribution in [0.15, 0.2) is 24.3 Å². The minimum Gasteiger partial charge on any atom is -0.456 e. The molecule has 2 rings (SSSR count). The van der Waals surface area contributed by atoms with E-state index >= 15 is 0 Å². The molecular weight excluding hydrogens is 324 g/mol. The molecule has 2 aromatic heterocycles. The summed E-state index contributed by atoms with van der Waals surface area (Å²) in [5.74, 6) is -0.686. The van der Waals surface area contributed by atoms with E-state index in [4.69, 9.17) is 16.3 Å². The Morgan fingerprint density at radius 2 is 2.00 bits per heavy atom. The Hall–Kier alpha value is -1.92. The smallest absolute Gasteiger partial charge is 0.340 e. The van der Waals surface area contributed by atoms with E-state index in [0.717, 1.165) is 4.88 Å². The first-order valence-corrected chi connectivity index (χ1v) is 7.68. The Balaban J connectivity index is 2.08. The second-order valence-corrected chi connectivity index (χ2v) is 6.61. The molecule has 7 heteroatoms. The number of halogens is 1. The van der Waals surface area contributed by atoms with Crippen molar-refractivity contribution in [3.63, 3.8) is 0 Å². The first-order valence-electron chi connectivity index (χ1n) is 6.49. The Morgan fingerprint density at radius 1 is 1.27 bits per heavy atom. The average molecular weight is 339 g/mol. The van der Waals surface area contributed by atoms with E-state index in [0.29, 0.717) is 21.3 Å². The average Bonchev–Trinajstić information content (AvgIpc) is 2.89. The van der Waals surface area contributed by atoms with Gasteiger partial charge in [0.05, 0.1) is 15.6 Å². The van der Waals surface area contributed by atoms with Crippen molar-refractivity contribution in [1.82, 2.24) is 9.88 Å². The number of amides is 1. The number of carbonyl (C=O) groups is 2. The van der Waals surface area contributed by atoms with Crippen LogP contribution in [0.3, 0.4) is 0 Å². The van der Waals surface area contributed by atoms with Crippen molar-refractivity contribution in [2.24, 2.45) is 0 Å². The molecule has 0 N–H and O–H groups in total. The van der Waals surface area contributed by atoms with Crippen LogP contribution < -0.4 is 0 Å². The van der Waals surface area contributed by atoms with Gasteiger partial charge < -0.3 is 9.64 Å². The number of ether oxygens (including phenoxy) is 1. The Bertz CT molecular complexity index is 713. The number of esters is 1. The summed E-state index contributed by atoms with van der Waals surface area (Å²) in [4.78, 5) is 30.4. The zero-order chi connectivity index (χ0) is 16.3. The van der Waals surface area contributed by atoms with Crippen LogP contribution in [0.5, 0.6) is 0 Å². The highest BCUT2D eigenvalue weighted by molar-refractivity contribution is 7.16. The van der Waals surface area contributed by atoms with Crippen molar-refractivity contribution >= 4 is 34.8 Å². The molecule has 0 unspecified atom stereocenters. The predicted octanol–water partition coefficient (Wildman–Crippen LogP) is 3.16. The second kappa shape index (κ2) is 6.89. The van der Waals surface area contributed by atoms with Crippen molar-refractivity contribution in [3.05, 3.63) is 50.4 Å². The van der Waals surface area contributed by atoms with Crippen molar-refractivity contribution in [1.29, 1.82) is 0 Å². The molecule has 0 bridgehead atoms. The van der Waals surface area contributed by atoms with E-state index in [9.17, 15) is 9.59 Å². The standard InChI is InChI=1S/C15H15ClN2O3S/c1-9-11(5-6-12(17-9)14(19)18(2)3)15(20)21-8-10-4-7-13(16)22-10/h4-7H,8H2,1-3H3. The van der Waals surface area contributed by atoms with Crippen LogP contribution >= 0.6 is 22.9 Å². The van der Waals surface area contributed by atoms with Gasteiger partial charge in [-0.2, -0.15) is 0 Å². The van der Waals surface area contributed by atoms with E-state index < -0.39 is 5.97 Å². The number of aryl methyl sites for hydroxylation is 1. The number of rotatable bonds is 4. The highest BCUT2D eigenvalue weighted by atomic mass is 35.5. The van der Waals surface area contributed by atoms with Crippen molar-refractivity contribution in [2.75, 3.05) is 14.1 Å². The molecular formula is C15H15ClN2O3S. The molecule has 0 fully saturated rings. The van der Waals surface area contributed by atoms with Gasteiger partial charge in [0.15, 0.2) is 0 Å². The maximum atomic E-state index is 12.1. The van der Waals surface area contributed by atoms with Gasteiger partial charge in [-0.3, -0.25) is 4.79 Å². The minimum atomic E-state index is -0.474. The van der Waals surface area contributed by atoms with Gasteiger partial charge >= 0.3 is 5.97 Å². The molecule has 0 saturated heterocycles. The summed E-state index contributed by atoms with van der Waals surface area (Å²) in [6.45, 7) is 1.83. The number of pyridine rings is 1. The first-order chi connectivity index (χ1) is 10.4. The number of hydrogen-bond donors (Lipinski definition) is 0. The lowest BCUT2D eigenvalue weighted by Gasteiger charge is -2.11. The third-order valence-electron chi connectivity index (χ3n) is 2.91. The van der Waals surface area contributed by atoms with Crippen molar-refractivity contribution in [2.45, 2.75) is 13.5 Å². The topological polar surface area (TPSA) is 59.5 Å². The summed E-state index contributed by atoms with van der Waals surface area (Å²) in [7, 11) is 3.29. The van der Waals surface area contributed by atoms with Crippen LogP contribution in [0.2, 0.25) is 4.34 Å². The molecule has 0 spiro atoms. The fourth-order valence-electron chi connectivity index (χ4n) is 1.77. The molecule has 0 atom stereocenters. The Morgan fingerprint density at radius 3 is 2.55 bits per heavy atom. The largest absolute Gasteiger partial charge is 0.456 e. The molecule has 0 aromatic carbocycles. The Kier molecular flexibility index (Phi) is 5.15. The normalized spacial score (nSPS) is 10.4. The molecule has 0 aliphatic heterocycles. The first kappa shape index (κ1) is 16.5. The van der Waals surface area contributed by atoms with E-state index in [-0.39, 0.29) is 12.5 Å². The van der Waals surface area contributed by atoms with Gasteiger partial charge in [-0.25, -0.2) is 9.78 Å². The zero-order valence-corrected chi connectivity index (χ0v) is 14.0. The van der Waals surface area contributed by atoms with Crippen LogP contribution in [0.4, 0.5) is 0 Å². The molecule has 2 heterocycles. The maximum Gasteiger partial charge on any atom is 0.340 e. The zero-order valence-electron chi connectivity index (χ0n) is 12.4. The highest BCUT2D eigenvalue weighted by Gasteiger charge is 2.16. The van der Waals surface area contributed by atoms with Crippen molar-refractivity contribution in [3.8, 4) is 0 Å². The van der Waals surface area contributed by atoms with Gasteiger partial charge in [0, 0.05) is 19.0 Å². The summed E-state index contributed by atoms with van der Waals surface area (Å²) < 4.78 is 5.88. The molecule has 116 valence electrons. The lowest BCUT2D eigenvalue weighted by molar-refractivity contribution is 0.0475. The van der Waals surface area contributed by atoms with Crippen LogP contribution in [0.1, 0.15) is 31.4 Å². The minimum absolute atomic E-state index is 0.161. The number of thiophene rings is 1. The molecule has 22 heavy (non-hydrogen) atoms. The SMILES string of the molecule is Cc1nc(C(=O)N(C)C)ccc1C(=O)OCc1ccc(Cl)s1. The summed E-state index contributed by atoms with van der Waals surface area (Å²) in [5.41, 5.74) is 1.10. The lowest BCUT2D eigenvalue weighted by atomic mass is 10.2.